The van der Waals surface area contributed by atoms with E-state index < -0.39 is 46.8 Å². The zero-order chi connectivity index (χ0) is 24.1. The molecular formula is C18H32CuN2O10-2. The van der Waals surface area contributed by atoms with Gasteiger partial charge in [-0.25, -0.2) is 0 Å². The Bertz CT molecular complexity index is 534. The molecule has 2 amide bonds. The van der Waals surface area contributed by atoms with Crippen molar-refractivity contribution in [2.75, 3.05) is 26.3 Å². The van der Waals surface area contributed by atoms with Gasteiger partial charge in [0.1, 0.15) is 12.2 Å². The number of aliphatic hydroxyl groups is 4. The predicted octanol–water partition coefficient (Wildman–Crippen LogP) is -4.76. The van der Waals surface area contributed by atoms with E-state index in [1.807, 2.05) is 0 Å². The Morgan fingerprint density at radius 2 is 1.00 bits per heavy atom. The molecule has 0 spiro atoms. The zero-order valence-corrected chi connectivity index (χ0v) is 18.9. The minimum Gasteiger partial charge on any atom is -0.550 e. The fourth-order valence-corrected chi connectivity index (χ4v) is 1.65. The smallest absolute Gasteiger partial charge is 0.249 e. The molecule has 0 fully saturated rings. The van der Waals surface area contributed by atoms with Crippen LogP contribution in [0.1, 0.15) is 40.5 Å². The minimum absolute atomic E-state index is 0. The Balaban J connectivity index is -0.000000490. The summed E-state index contributed by atoms with van der Waals surface area (Å²) in [7, 11) is 0. The van der Waals surface area contributed by atoms with Crippen molar-refractivity contribution in [2.24, 2.45) is 10.8 Å². The third-order valence-electron chi connectivity index (χ3n) is 4.05. The van der Waals surface area contributed by atoms with Crippen molar-refractivity contribution in [2.45, 2.75) is 52.7 Å². The van der Waals surface area contributed by atoms with Crippen molar-refractivity contribution in [3.63, 3.8) is 0 Å². The summed E-state index contributed by atoms with van der Waals surface area (Å²) in [6, 6.07) is 0. The van der Waals surface area contributed by atoms with Crippen molar-refractivity contribution in [3.8, 4) is 0 Å². The number of aliphatic hydroxyl groups excluding tert-OH is 4. The first-order valence-corrected chi connectivity index (χ1v) is 9.15. The van der Waals surface area contributed by atoms with Gasteiger partial charge < -0.3 is 50.9 Å². The molecule has 0 unspecified atom stereocenters. The van der Waals surface area contributed by atoms with E-state index in [4.69, 9.17) is 10.2 Å². The van der Waals surface area contributed by atoms with Gasteiger partial charge in [0.15, 0.2) is 0 Å². The average molecular weight is 500 g/mol. The summed E-state index contributed by atoms with van der Waals surface area (Å²) in [6.07, 6.45) is -3.36. The van der Waals surface area contributed by atoms with Gasteiger partial charge in [-0.1, -0.05) is 27.7 Å². The number of carbonyl (C=O) groups excluding carboxylic acids is 4. The van der Waals surface area contributed by atoms with E-state index in [9.17, 15) is 39.6 Å². The standard InChI is InChI=1S/2C9H17NO5.Cu/c2*1-9(2,5-11)7(14)8(15)10-4-3-6(12)13;/h2*7,11,14H,3-5H2,1-2H3,(H,10,15)(H,12,13);/p-2/t2*7-;/m00./s1. The molecule has 0 aromatic carbocycles. The second-order valence-corrected chi connectivity index (χ2v) is 7.92. The molecule has 6 N–H and O–H groups in total. The number of carboxylic acids is 2. The van der Waals surface area contributed by atoms with E-state index in [-0.39, 0.29) is 56.2 Å². The number of aliphatic carboxylic acids is 2. The van der Waals surface area contributed by atoms with Crippen LogP contribution >= 0.6 is 0 Å². The summed E-state index contributed by atoms with van der Waals surface area (Å²) < 4.78 is 0. The molecule has 13 heteroatoms. The van der Waals surface area contributed by atoms with Gasteiger partial charge in [0.05, 0.1) is 13.2 Å². The van der Waals surface area contributed by atoms with Crippen molar-refractivity contribution in [1.82, 2.24) is 10.6 Å². The van der Waals surface area contributed by atoms with E-state index in [0.29, 0.717) is 0 Å². The summed E-state index contributed by atoms with van der Waals surface area (Å²) in [4.78, 5) is 42.6. The number of carboxylic acid groups (broad SMARTS) is 2. The van der Waals surface area contributed by atoms with Crippen LogP contribution in [0.5, 0.6) is 0 Å². The minimum atomic E-state index is -1.37. The molecule has 2 atom stereocenters. The topological polar surface area (TPSA) is 219 Å². The van der Waals surface area contributed by atoms with Gasteiger partial charge in [-0.15, -0.1) is 0 Å². The molecule has 187 valence electrons. The van der Waals surface area contributed by atoms with Gasteiger partial charge in [-0.3, -0.25) is 9.59 Å². The molecule has 0 rings (SSSR count). The second kappa shape index (κ2) is 16.0. The van der Waals surface area contributed by atoms with Crippen LogP contribution in [0.15, 0.2) is 0 Å². The van der Waals surface area contributed by atoms with E-state index >= 15 is 0 Å². The van der Waals surface area contributed by atoms with Crippen LogP contribution in [0.25, 0.3) is 0 Å². The monoisotopic (exact) mass is 499 g/mol. The van der Waals surface area contributed by atoms with E-state index in [1.165, 1.54) is 27.7 Å². The number of hydrogen-bond acceptors (Lipinski definition) is 10. The van der Waals surface area contributed by atoms with E-state index in [1.54, 1.807) is 0 Å². The van der Waals surface area contributed by atoms with Crippen LogP contribution in [0.3, 0.4) is 0 Å². The molecular weight excluding hydrogens is 468 g/mol. The van der Waals surface area contributed by atoms with Crippen molar-refractivity contribution in [1.29, 1.82) is 0 Å². The van der Waals surface area contributed by atoms with Crippen LogP contribution in [0.4, 0.5) is 0 Å². The first kappa shape index (κ1) is 33.9. The van der Waals surface area contributed by atoms with E-state index in [2.05, 4.69) is 10.6 Å². The van der Waals surface area contributed by atoms with Gasteiger partial charge >= 0.3 is 0 Å². The number of hydrogen-bond donors (Lipinski definition) is 6. The Kier molecular flexibility index (Phi) is 17.4. The fraction of sp³-hybridized carbons (Fsp3) is 0.778. The Morgan fingerprint density at radius 3 is 1.19 bits per heavy atom. The average Bonchev–Trinajstić information content (AvgIpc) is 2.66. The Morgan fingerprint density at radius 1 is 0.742 bits per heavy atom. The molecule has 0 aliphatic carbocycles. The number of carbonyl (C=O) groups is 4. The van der Waals surface area contributed by atoms with E-state index in [0.717, 1.165) is 0 Å². The number of amides is 2. The third-order valence-corrected chi connectivity index (χ3v) is 4.05. The summed E-state index contributed by atoms with van der Waals surface area (Å²) in [5, 5.41) is 61.3. The molecule has 0 saturated carbocycles. The molecule has 0 saturated heterocycles. The van der Waals surface area contributed by atoms with Gasteiger partial charge in [0.25, 0.3) is 0 Å². The largest absolute Gasteiger partial charge is 0.550 e. The SMILES string of the molecule is CC(C)(CO)[C@@H](O)C(=O)NCCC(=O)[O-].CC(C)(CO)[C@@H](O)C(=O)NCCC(=O)[O-].[Cu]. The summed E-state index contributed by atoms with van der Waals surface area (Å²) >= 11 is 0. The normalized spacial score (nSPS) is 12.9. The quantitative estimate of drug-likeness (QED) is 0.141. The van der Waals surface area contributed by atoms with Crippen molar-refractivity contribution < 1.29 is 66.9 Å². The van der Waals surface area contributed by atoms with Gasteiger partial charge in [0.2, 0.25) is 11.8 Å². The molecule has 0 aromatic heterocycles. The number of nitrogens with one attached hydrogen (secondary N) is 2. The number of rotatable bonds is 12. The molecule has 0 aromatic rings. The first-order chi connectivity index (χ1) is 13.6. The molecule has 1 radical (unpaired) electrons. The van der Waals surface area contributed by atoms with Crippen LogP contribution in [0.2, 0.25) is 0 Å². The van der Waals surface area contributed by atoms with Gasteiger partial charge in [0, 0.05) is 65.8 Å². The van der Waals surface area contributed by atoms with Crippen molar-refractivity contribution in [3.05, 3.63) is 0 Å². The Hall–Kier alpha value is -1.76. The molecule has 0 bridgehead atoms. The van der Waals surface area contributed by atoms with Gasteiger partial charge in [-0.05, 0) is 0 Å². The van der Waals surface area contributed by atoms with Crippen LogP contribution in [-0.2, 0) is 36.2 Å². The zero-order valence-electron chi connectivity index (χ0n) is 17.9. The fourth-order valence-electron chi connectivity index (χ4n) is 1.65. The van der Waals surface area contributed by atoms with Gasteiger partial charge in [-0.2, -0.15) is 0 Å². The Labute approximate surface area is 191 Å². The molecule has 0 aliphatic rings. The van der Waals surface area contributed by atoms with Crippen LogP contribution < -0.4 is 20.8 Å². The van der Waals surface area contributed by atoms with Crippen LogP contribution in [-0.4, -0.2) is 82.7 Å². The first-order valence-electron chi connectivity index (χ1n) is 9.15. The molecule has 0 heterocycles. The maximum Gasteiger partial charge on any atom is 0.249 e. The third kappa shape index (κ3) is 14.8. The van der Waals surface area contributed by atoms with Crippen LogP contribution in [0, 0.1) is 10.8 Å². The van der Waals surface area contributed by atoms with Crippen molar-refractivity contribution >= 4 is 23.8 Å². The summed E-state index contributed by atoms with van der Waals surface area (Å²) in [5.74, 6) is -3.94. The summed E-state index contributed by atoms with van der Waals surface area (Å²) in [5.41, 5.74) is -1.91. The summed E-state index contributed by atoms with van der Waals surface area (Å²) in [6.45, 7) is 5.21. The molecule has 12 nitrogen and oxygen atoms in total. The molecule has 0 aliphatic heterocycles. The molecule has 31 heavy (non-hydrogen) atoms. The predicted molar refractivity (Wildman–Crippen MR) is 99.0 cm³/mol. The maximum absolute atomic E-state index is 11.2. The maximum atomic E-state index is 11.2. The second-order valence-electron chi connectivity index (χ2n) is 7.92.